The van der Waals surface area contributed by atoms with E-state index in [1.165, 1.54) is 12.1 Å². The first-order valence-electron chi connectivity index (χ1n) is 4.91. The molecule has 0 aromatic heterocycles. The van der Waals surface area contributed by atoms with Gasteiger partial charge in [0, 0.05) is 5.75 Å². The van der Waals surface area contributed by atoms with Gasteiger partial charge in [0.25, 0.3) is 0 Å². The Bertz CT molecular complexity index is 526. The SMILES string of the molecule is Cc1ccc(N)c(S(=O)(=O)CCSC(F)(F)F)c1. The average molecular weight is 299 g/mol. The van der Waals surface area contributed by atoms with Crippen molar-refractivity contribution in [2.45, 2.75) is 17.3 Å². The number of aryl methyl sites for hydroxylation is 1. The van der Waals surface area contributed by atoms with Gasteiger partial charge >= 0.3 is 5.51 Å². The van der Waals surface area contributed by atoms with Gasteiger partial charge in [0.05, 0.1) is 16.3 Å². The molecule has 2 N–H and O–H groups in total. The summed E-state index contributed by atoms with van der Waals surface area (Å²) >= 11 is -0.355. The Hall–Kier alpha value is -0.890. The van der Waals surface area contributed by atoms with Crippen molar-refractivity contribution in [2.24, 2.45) is 0 Å². The largest absolute Gasteiger partial charge is 0.441 e. The van der Waals surface area contributed by atoms with Crippen LogP contribution in [0.5, 0.6) is 0 Å². The van der Waals surface area contributed by atoms with Crippen LogP contribution in [0.25, 0.3) is 0 Å². The van der Waals surface area contributed by atoms with E-state index in [1.807, 2.05) is 0 Å². The third-order valence-corrected chi connectivity index (χ3v) is 4.88. The van der Waals surface area contributed by atoms with E-state index >= 15 is 0 Å². The van der Waals surface area contributed by atoms with Crippen LogP contribution in [0.2, 0.25) is 0 Å². The van der Waals surface area contributed by atoms with E-state index in [4.69, 9.17) is 5.73 Å². The van der Waals surface area contributed by atoms with E-state index in [2.05, 4.69) is 0 Å². The Balaban J connectivity index is 2.84. The summed E-state index contributed by atoms with van der Waals surface area (Å²) in [4.78, 5) is -0.106. The van der Waals surface area contributed by atoms with Crippen LogP contribution in [0.1, 0.15) is 5.56 Å². The van der Waals surface area contributed by atoms with Crippen LogP contribution in [0, 0.1) is 6.92 Å². The van der Waals surface area contributed by atoms with Gasteiger partial charge in [-0.05, 0) is 36.4 Å². The molecule has 0 bridgehead atoms. The average Bonchev–Trinajstić information content (AvgIpc) is 2.19. The van der Waals surface area contributed by atoms with Crippen LogP contribution < -0.4 is 5.73 Å². The molecule has 102 valence electrons. The molecule has 1 aromatic carbocycles. The van der Waals surface area contributed by atoms with Gasteiger partial charge in [-0.15, -0.1) is 0 Å². The number of hydrogen-bond donors (Lipinski definition) is 1. The van der Waals surface area contributed by atoms with Gasteiger partial charge in [-0.1, -0.05) is 6.07 Å². The summed E-state index contributed by atoms with van der Waals surface area (Å²) in [5.74, 6) is -1.13. The molecule has 0 fully saturated rings. The predicted molar refractivity (Wildman–Crippen MR) is 66.2 cm³/mol. The van der Waals surface area contributed by atoms with E-state index in [-0.39, 0.29) is 22.3 Å². The maximum atomic E-state index is 11.9. The summed E-state index contributed by atoms with van der Waals surface area (Å²) in [6.45, 7) is 1.68. The topological polar surface area (TPSA) is 60.2 Å². The number of nitrogen functional groups attached to an aromatic ring is 1. The van der Waals surface area contributed by atoms with Crippen molar-refractivity contribution in [3.05, 3.63) is 23.8 Å². The number of anilines is 1. The second-order valence-corrected chi connectivity index (χ2v) is 6.89. The highest BCUT2D eigenvalue weighted by molar-refractivity contribution is 8.01. The van der Waals surface area contributed by atoms with Gasteiger partial charge in [-0.25, -0.2) is 8.42 Å². The predicted octanol–water partition coefficient (Wildman–Crippen LogP) is 2.60. The molecule has 0 aliphatic heterocycles. The molecule has 0 spiro atoms. The summed E-state index contributed by atoms with van der Waals surface area (Å²) in [6.07, 6.45) is 0. The minimum Gasteiger partial charge on any atom is -0.398 e. The molecule has 0 saturated carbocycles. The van der Waals surface area contributed by atoms with Crippen molar-refractivity contribution in [2.75, 3.05) is 17.2 Å². The summed E-state index contributed by atoms with van der Waals surface area (Å²) in [6, 6.07) is 4.43. The number of benzene rings is 1. The Labute approximate surface area is 107 Å². The third kappa shape index (κ3) is 4.41. The van der Waals surface area contributed by atoms with Crippen LogP contribution in [-0.4, -0.2) is 25.4 Å². The molecular formula is C10H12F3NO2S2. The standard InChI is InChI=1S/C10H12F3NO2S2/c1-7-2-3-8(14)9(6-7)18(15,16)5-4-17-10(11,12)13/h2-3,6H,4-5,14H2,1H3. The second kappa shape index (κ2) is 5.40. The van der Waals surface area contributed by atoms with Crippen molar-refractivity contribution >= 4 is 27.3 Å². The minimum absolute atomic E-state index is 0.0533. The van der Waals surface area contributed by atoms with Crippen molar-refractivity contribution in [3.63, 3.8) is 0 Å². The molecule has 0 aliphatic rings. The van der Waals surface area contributed by atoms with Gasteiger partial charge in [0.15, 0.2) is 9.84 Å². The van der Waals surface area contributed by atoms with Crippen molar-refractivity contribution in [1.29, 1.82) is 0 Å². The number of rotatable bonds is 4. The number of thioether (sulfide) groups is 1. The Morgan fingerprint density at radius 1 is 1.33 bits per heavy atom. The molecule has 0 radical (unpaired) electrons. The van der Waals surface area contributed by atoms with Crippen molar-refractivity contribution in [1.82, 2.24) is 0 Å². The molecular weight excluding hydrogens is 287 g/mol. The van der Waals surface area contributed by atoms with Gasteiger partial charge in [-0.3, -0.25) is 0 Å². The zero-order valence-electron chi connectivity index (χ0n) is 9.49. The summed E-state index contributed by atoms with van der Waals surface area (Å²) < 4.78 is 59.4. The van der Waals surface area contributed by atoms with Gasteiger partial charge in [0.2, 0.25) is 0 Å². The molecule has 0 aliphatic carbocycles. The van der Waals surface area contributed by atoms with E-state index in [0.717, 1.165) is 0 Å². The molecule has 3 nitrogen and oxygen atoms in total. The van der Waals surface area contributed by atoms with Crippen molar-refractivity contribution < 1.29 is 21.6 Å². The van der Waals surface area contributed by atoms with Crippen LogP contribution in [-0.2, 0) is 9.84 Å². The molecule has 0 amide bonds. The first kappa shape index (κ1) is 15.2. The Kier molecular flexibility index (Phi) is 4.55. The third-order valence-electron chi connectivity index (χ3n) is 2.12. The molecule has 8 heteroatoms. The van der Waals surface area contributed by atoms with Crippen molar-refractivity contribution in [3.8, 4) is 0 Å². The zero-order chi connectivity index (χ0) is 14.0. The maximum absolute atomic E-state index is 11.9. The highest BCUT2D eigenvalue weighted by atomic mass is 32.2. The highest BCUT2D eigenvalue weighted by Gasteiger charge is 2.29. The smallest absolute Gasteiger partial charge is 0.398 e. The quantitative estimate of drug-likeness (QED) is 0.868. The summed E-state index contributed by atoms with van der Waals surface area (Å²) in [7, 11) is -3.78. The highest BCUT2D eigenvalue weighted by Crippen LogP contribution is 2.31. The Morgan fingerprint density at radius 2 is 1.94 bits per heavy atom. The number of alkyl halides is 3. The van der Waals surface area contributed by atoms with Crippen LogP contribution in [0.4, 0.5) is 18.9 Å². The first-order valence-corrected chi connectivity index (χ1v) is 7.55. The van der Waals surface area contributed by atoms with Crippen LogP contribution in [0.15, 0.2) is 23.1 Å². The lowest BCUT2D eigenvalue weighted by Crippen LogP contribution is -2.13. The Morgan fingerprint density at radius 3 is 2.50 bits per heavy atom. The van der Waals surface area contributed by atoms with Gasteiger partial charge in [-0.2, -0.15) is 13.2 Å². The zero-order valence-corrected chi connectivity index (χ0v) is 11.1. The molecule has 1 aromatic rings. The number of sulfone groups is 1. The van der Waals surface area contributed by atoms with Gasteiger partial charge < -0.3 is 5.73 Å². The lowest BCUT2D eigenvalue weighted by molar-refractivity contribution is -0.0326. The fourth-order valence-electron chi connectivity index (χ4n) is 1.29. The fraction of sp³-hybridized carbons (Fsp3) is 0.400. The fourth-order valence-corrected chi connectivity index (χ4v) is 3.74. The van der Waals surface area contributed by atoms with E-state index in [9.17, 15) is 21.6 Å². The van der Waals surface area contributed by atoms with E-state index < -0.39 is 26.9 Å². The van der Waals surface area contributed by atoms with Crippen LogP contribution >= 0.6 is 11.8 Å². The van der Waals surface area contributed by atoms with E-state index in [1.54, 1.807) is 13.0 Å². The lowest BCUT2D eigenvalue weighted by Gasteiger charge is -2.09. The lowest BCUT2D eigenvalue weighted by atomic mass is 10.2. The molecule has 1 rings (SSSR count). The molecule has 18 heavy (non-hydrogen) atoms. The normalized spacial score (nSPS) is 12.7. The monoisotopic (exact) mass is 299 g/mol. The van der Waals surface area contributed by atoms with Crippen LogP contribution in [0.3, 0.4) is 0 Å². The number of nitrogens with two attached hydrogens (primary N) is 1. The number of halogens is 3. The van der Waals surface area contributed by atoms with E-state index in [0.29, 0.717) is 5.56 Å². The molecule has 0 unspecified atom stereocenters. The number of hydrogen-bond acceptors (Lipinski definition) is 4. The molecule has 0 heterocycles. The maximum Gasteiger partial charge on any atom is 0.441 e. The second-order valence-electron chi connectivity index (χ2n) is 3.65. The molecule has 0 saturated heterocycles. The first-order chi connectivity index (χ1) is 8.12. The summed E-state index contributed by atoms with van der Waals surface area (Å²) in [5, 5.41) is 0. The van der Waals surface area contributed by atoms with Gasteiger partial charge in [0.1, 0.15) is 0 Å². The molecule has 0 atom stereocenters. The summed E-state index contributed by atoms with van der Waals surface area (Å²) in [5.41, 5.74) is 1.84. The minimum atomic E-state index is -4.42.